The van der Waals surface area contributed by atoms with Crippen LogP contribution in [0.4, 0.5) is 0 Å². The lowest BCUT2D eigenvalue weighted by Gasteiger charge is -2.18. The summed E-state index contributed by atoms with van der Waals surface area (Å²) >= 11 is 0. The number of benzene rings is 1. The molecule has 0 aliphatic rings. The van der Waals surface area contributed by atoms with Crippen LogP contribution in [0.5, 0.6) is 17.2 Å². The number of hydrogen-bond donors (Lipinski definition) is 1. The van der Waals surface area contributed by atoms with Crippen molar-refractivity contribution >= 4 is 17.8 Å². The zero-order valence-corrected chi connectivity index (χ0v) is 16.1. The molecule has 9 nitrogen and oxygen atoms in total. The van der Waals surface area contributed by atoms with Gasteiger partial charge in [0.25, 0.3) is 0 Å². The summed E-state index contributed by atoms with van der Waals surface area (Å²) < 4.78 is 25.0. The highest BCUT2D eigenvalue weighted by Crippen LogP contribution is 2.34. The van der Waals surface area contributed by atoms with Crippen molar-refractivity contribution in [3.63, 3.8) is 0 Å². The quantitative estimate of drug-likeness (QED) is 0.593. The highest BCUT2D eigenvalue weighted by molar-refractivity contribution is 5.87. The van der Waals surface area contributed by atoms with Gasteiger partial charge in [-0.2, -0.15) is 0 Å². The zero-order valence-electron chi connectivity index (χ0n) is 16.1. The first-order valence-electron chi connectivity index (χ1n) is 8.13. The molecule has 1 rings (SSSR count). The van der Waals surface area contributed by atoms with Crippen LogP contribution < -0.4 is 19.5 Å². The molecule has 1 aromatic carbocycles. The smallest absolute Gasteiger partial charge is 0.328 e. The summed E-state index contributed by atoms with van der Waals surface area (Å²) in [5.41, 5.74) is 0.495. The van der Waals surface area contributed by atoms with E-state index in [1.54, 1.807) is 12.1 Å². The maximum Gasteiger partial charge on any atom is 0.328 e. The molecule has 0 saturated heterocycles. The van der Waals surface area contributed by atoms with Crippen LogP contribution in [0, 0.1) is 0 Å². The van der Waals surface area contributed by atoms with E-state index >= 15 is 0 Å². The SMILES string of the molecule is COC(=O)CC[C@H](NC(=O)Cc1c(OC)cc(OC)cc1OC)C(=O)OC. The molecule has 0 fully saturated rings. The second-order valence-corrected chi connectivity index (χ2v) is 5.45. The molecule has 1 atom stereocenters. The molecule has 0 unspecified atom stereocenters. The summed E-state index contributed by atoms with van der Waals surface area (Å²) in [6.07, 6.45) is -0.0875. The van der Waals surface area contributed by atoms with Crippen molar-refractivity contribution in [2.75, 3.05) is 35.5 Å². The van der Waals surface area contributed by atoms with Crippen LogP contribution in [0.25, 0.3) is 0 Å². The molecule has 9 heteroatoms. The van der Waals surface area contributed by atoms with E-state index in [0.29, 0.717) is 22.8 Å². The number of carbonyl (C=O) groups excluding carboxylic acids is 3. The fourth-order valence-corrected chi connectivity index (χ4v) is 2.41. The molecule has 0 aromatic heterocycles. The van der Waals surface area contributed by atoms with Gasteiger partial charge in [-0.3, -0.25) is 9.59 Å². The minimum atomic E-state index is -0.975. The first-order valence-corrected chi connectivity index (χ1v) is 8.13. The van der Waals surface area contributed by atoms with Crippen molar-refractivity contribution in [2.24, 2.45) is 0 Å². The van der Waals surface area contributed by atoms with Gasteiger partial charge in [0.1, 0.15) is 23.3 Å². The standard InChI is InChI=1S/C18H25NO8/c1-23-11-8-14(24-2)12(15(9-11)25-3)10-16(20)19-13(18(22)27-5)6-7-17(21)26-4/h8-9,13H,6-7,10H2,1-5H3,(H,19,20)/t13-/m0/s1. The summed E-state index contributed by atoms with van der Waals surface area (Å²) in [7, 11) is 6.88. The average Bonchev–Trinajstić information content (AvgIpc) is 2.69. The fourth-order valence-electron chi connectivity index (χ4n) is 2.41. The number of rotatable bonds is 10. The van der Waals surface area contributed by atoms with E-state index in [9.17, 15) is 14.4 Å². The first-order chi connectivity index (χ1) is 12.9. The van der Waals surface area contributed by atoms with Crippen molar-refractivity contribution in [2.45, 2.75) is 25.3 Å². The van der Waals surface area contributed by atoms with Crippen molar-refractivity contribution < 1.29 is 38.1 Å². The number of methoxy groups -OCH3 is 5. The summed E-state index contributed by atoms with van der Waals surface area (Å²) in [5, 5.41) is 2.56. The largest absolute Gasteiger partial charge is 0.496 e. The summed E-state index contributed by atoms with van der Waals surface area (Å²) in [6, 6.07) is 2.28. The minimum Gasteiger partial charge on any atom is -0.496 e. The summed E-state index contributed by atoms with van der Waals surface area (Å²) in [6.45, 7) is 0. The third kappa shape index (κ3) is 6.36. The molecular formula is C18H25NO8. The number of ether oxygens (including phenoxy) is 5. The van der Waals surface area contributed by atoms with Crippen LogP contribution in [-0.2, 0) is 30.3 Å². The minimum absolute atomic E-state index is 0.0360. The van der Waals surface area contributed by atoms with Crippen LogP contribution in [0.2, 0.25) is 0 Å². The van der Waals surface area contributed by atoms with Crippen molar-refractivity contribution in [3.8, 4) is 17.2 Å². The maximum atomic E-state index is 12.5. The van der Waals surface area contributed by atoms with Gasteiger partial charge in [0.15, 0.2) is 0 Å². The second kappa shape index (κ2) is 10.9. The highest BCUT2D eigenvalue weighted by atomic mass is 16.5. The lowest BCUT2D eigenvalue weighted by molar-refractivity contribution is -0.146. The molecule has 0 bridgehead atoms. The summed E-state index contributed by atoms with van der Waals surface area (Å²) in [4.78, 5) is 35.6. The van der Waals surface area contributed by atoms with Crippen LogP contribution in [0.3, 0.4) is 0 Å². The second-order valence-electron chi connectivity index (χ2n) is 5.45. The highest BCUT2D eigenvalue weighted by Gasteiger charge is 2.24. The molecule has 0 radical (unpaired) electrons. The van der Waals surface area contributed by atoms with E-state index in [2.05, 4.69) is 14.8 Å². The number of carbonyl (C=O) groups is 3. The Balaban J connectivity index is 2.95. The van der Waals surface area contributed by atoms with Gasteiger partial charge in [0.2, 0.25) is 5.91 Å². The van der Waals surface area contributed by atoms with E-state index < -0.39 is 23.9 Å². The summed E-state index contributed by atoms with van der Waals surface area (Å²) in [5.74, 6) is -0.274. The molecule has 1 amide bonds. The number of nitrogens with one attached hydrogen (secondary N) is 1. The Labute approximate surface area is 157 Å². The Morgan fingerprint density at radius 3 is 1.96 bits per heavy atom. The lowest BCUT2D eigenvalue weighted by Crippen LogP contribution is -2.42. The van der Waals surface area contributed by atoms with Gasteiger partial charge in [-0.05, 0) is 6.42 Å². The maximum absolute atomic E-state index is 12.5. The van der Waals surface area contributed by atoms with E-state index in [-0.39, 0.29) is 19.3 Å². The van der Waals surface area contributed by atoms with Gasteiger partial charge in [0, 0.05) is 24.1 Å². The number of esters is 2. The van der Waals surface area contributed by atoms with Crippen molar-refractivity contribution in [1.29, 1.82) is 0 Å². The first kappa shape index (κ1) is 22.1. The Morgan fingerprint density at radius 2 is 1.52 bits per heavy atom. The molecule has 0 heterocycles. The zero-order chi connectivity index (χ0) is 20.4. The Hall–Kier alpha value is -2.97. The molecule has 27 heavy (non-hydrogen) atoms. The lowest BCUT2D eigenvalue weighted by atomic mass is 10.1. The fraction of sp³-hybridized carbons (Fsp3) is 0.500. The number of hydrogen-bond acceptors (Lipinski definition) is 8. The van der Waals surface area contributed by atoms with Gasteiger partial charge in [-0.25, -0.2) is 4.79 Å². The number of amides is 1. The van der Waals surface area contributed by atoms with Crippen LogP contribution >= 0.6 is 0 Å². The average molecular weight is 383 g/mol. The molecule has 0 aliphatic carbocycles. The van der Waals surface area contributed by atoms with E-state index in [0.717, 1.165) is 0 Å². The van der Waals surface area contributed by atoms with Gasteiger partial charge in [-0.1, -0.05) is 0 Å². The van der Waals surface area contributed by atoms with Crippen molar-refractivity contribution in [3.05, 3.63) is 17.7 Å². The topological polar surface area (TPSA) is 109 Å². The van der Waals surface area contributed by atoms with Gasteiger partial charge < -0.3 is 29.0 Å². The van der Waals surface area contributed by atoms with Gasteiger partial charge in [0.05, 0.1) is 42.0 Å². The van der Waals surface area contributed by atoms with Crippen LogP contribution in [-0.4, -0.2) is 59.4 Å². The van der Waals surface area contributed by atoms with Gasteiger partial charge in [-0.15, -0.1) is 0 Å². The van der Waals surface area contributed by atoms with E-state index in [1.165, 1.54) is 35.5 Å². The predicted octanol–water partition coefficient (Wildman–Crippen LogP) is 0.866. The molecule has 150 valence electrons. The Morgan fingerprint density at radius 1 is 0.926 bits per heavy atom. The molecular weight excluding hydrogens is 358 g/mol. The molecule has 0 spiro atoms. The van der Waals surface area contributed by atoms with Crippen molar-refractivity contribution in [1.82, 2.24) is 5.32 Å². The Bertz CT molecular complexity index is 648. The normalized spacial score (nSPS) is 11.1. The molecule has 0 aliphatic heterocycles. The third-order valence-electron chi connectivity index (χ3n) is 3.84. The predicted molar refractivity (Wildman–Crippen MR) is 95.0 cm³/mol. The molecule has 0 saturated carbocycles. The van der Waals surface area contributed by atoms with E-state index in [4.69, 9.17) is 14.2 Å². The Kier molecular flexibility index (Phi) is 8.91. The molecule has 1 aromatic rings. The van der Waals surface area contributed by atoms with Crippen LogP contribution in [0.15, 0.2) is 12.1 Å². The third-order valence-corrected chi connectivity index (χ3v) is 3.84. The molecule has 1 N–H and O–H groups in total. The monoisotopic (exact) mass is 383 g/mol. The van der Waals surface area contributed by atoms with Crippen LogP contribution in [0.1, 0.15) is 18.4 Å². The van der Waals surface area contributed by atoms with Gasteiger partial charge >= 0.3 is 11.9 Å². The van der Waals surface area contributed by atoms with E-state index in [1.807, 2.05) is 0 Å².